The highest BCUT2D eigenvalue weighted by Gasteiger charge is 2.59. The third-order valence-corrected chi connectivity index (χ3v) is 5.90. The number of rotatable bonds is 4. The number of aromatic amines is 1. The molecule has 2 fully saturated rings. The number of hydrogen-bond donors (Lipinski definition) is 2. The lowest BCUT2D eigenvalue weighted by atomic mass is 9.51. The van der Waals surface area contributed by atoms with Gasteiger partial charge in [-0.15, -0.1) is 0 Å². The highest BCUT2D eigenvalue weighted by Crippen LogP contribution is 2.57. The second-order valence-electron chi connectivity index (χ2n) is 7.16. The van der Waals surface area contributed by atoms with Crippen LogP contribution in [0.25, 0.3) is 10.9 Å². The van der Waals surface area contributed by atoms with E-state index in [1.54, 1.807) is 0 Å². The Kier molecular flexibility index (Phi) is 3.64. The normalized spacial score (nSPS) is 24.6. The van der Waals surface area contributed by atoms with Gasteiger partial charge in [0.05, 0.1) is 6.10 Å². The Morgan fingerprint density at radius 3 is 2.88 bits per heavy atom. The fraction of sp³-hybridized carbons (Fsp3) is 0.526. The summed E-state index contributed by atoms with van der Waals surface area (Å²) < 4.78 is 19.3. The Morgan fingerprint density at radius 2 is 2.21 bits per heavy atom. The number of halogens is 1. The molecule has 0 aliphatic heterocycles. The van der Waals surface area contributed by atoms with Crippen LogP contribution in [0.2, 0.25) is 0 Å². The van der Waals surface area contributed by atoms with Crippen LogP contribution in [0.1, 0.15) is 48.7 Å². The molecule has 4 nitrogen and oxygen atoms in total. The Morgan fingerprint density at radius 1 is 1.42 bits per heavy atom. The van der Waals surface area contributed by atoms with Crippen molar-refractivity contribution in [3.8, 4) is 0 Å². The lowest BCUT2D eigenvalue weighted by Gasteiger charge is -2.60. The van der Waals surface area contributed by atoms with E-state index in [9.17, 15) is 9.18 Å². The molecule has 2 aliphatic rings. The molecule has 1 aromatic carbocycles. The smallest absolute Gasteiger partial charge is 0.267 e. The van der Waals surface area contributed by atoms with Crippen LogP contribution >= 0.6 is 0 Å². The molecule has 1 spiro atoms. The first-order valence-corrected chi connectivity index (χ1v) is 8.75. The van der Waals surface area contributed by atoms with Gasteiger partial charge in [0.2, 0.25) is 0 Å². The van der Waals surface area contributed by atoms with Crippen LogP contribution < -0.4 is 5.32 Å². The second kappa shape index (κ2) is 5.59. The SMILES string of the molecule is CCO[C@@H]1C[C@H](NC(=O)c2cc3c(C)cc(F)cc3[nH]2)C12CCC2. The van der Waals surface area contributed by atoms with Gasteiger partial charge in [0.25, 0.3) is 5.91 Å². The van der Waals surface area contributed by atoms with E-state index in [0.29, 0.717) is 11.2 Å². The number of fused-ring (bicyclic) bond motifs is 1. The molecule has 1 amide bonds. The maximum absolute atomic E-state index is 13.5. The summed E-state index contributed by atoms with van der Waals surface area (Å²) in [5.74, 6) is -0.405. The van der Waals surface area contributed by atoms with E-state index in [4.69, 9.17) is 4.74 Å². The highest BCUT2D eigenvalue weighted by atomic mass is 19.1. The fourth-order valence-corrected chi connectivity index (χ4v) is 4.37. The molecule has 2 aromatic rings. The van der Waals surface area contributed by atoms with E-state index in [1.807, 2.05) is 19.9 Å². The average Bonchev–Trinajstić information content (AvgIpc) is 2.88. The number of H-pyrrole nitrogens is 1. The van der Waals surface area contributed by atoms with Crippen LogP contribution in [-0.4, -0.2) is 29.6 Å². The monoisotopic (exact) mass is 330 g/mol. The predicted octanol–water partition coefficient (Wildman–Crippen LogP) is 3.69. The maximum atomic E-state index is 13.5. The van der Waals surface area contributed by atoms with Crippen molar-refractivity contribution < 1.29 is 13.9 Å². The number of carbonyl (C=O) groups excluding carboxylic acids is 1. The van der Waals surface area contributed by atoms with Crippen LogP contribution in [-0.2, 0) is 4.74 Å². The molecule has 2 aliphatic carbocycles. The number of nitrogens with one attached hydrogen (secondary N) is 2. The van der Waals surface area contributed by atoms with E-state index < -0.39 is 0 Å². The second-order valence-corrected chi connectivity index (χ2v) is 7.16. The first-order valence-electron chi connectivity index (χ1n) is 8.75. The molecular formula is C19H23FN2O2. The summed E-state index contributed by atoms with van der Waals surface area (Å²) >= 11 is 0. The number of benzene rings is 1. The van der Waals surface area contributed by atoms with Crippen molar-refractivity contribution in [1.82, 2.24) is 10.3 Å². The quantitative estimate of drug-likeness (QED) is 0.898. The minimum atomic E-state index is -0.291. The van der Waals surface area contributed by atoms with Crippen molar-refractivity contribution in [3.63, 3.8) is 0 Å². The van der Waals surface area contributed by atoms with Crippen molar-refractivity contribution in [2.45, 2.75) is 51.7 Å². The topological polar surface area (TPSA) is 54.1 Å². The molecule has 5 heteroatoms. The lowest BCUT2D eigenvalue weighted by Crippen LogP contribution is -2.67. The molecule has 2 atom stereocenters. The van der Waals surface area contributed by atoms with Crippen LogP contribution in [0.4, 0.5) is 4.39 Å². The number of carbonyl (C=O) groups is 1. The molecule has 0 bridgehead atoms. The molecule has 2 N–H and O–H groups in total. The van der Waals surface area contributed by atoms with E-state index in [0.717, 1.165) is 36.8 Å². The molecule has 2 saturated carbocycles. The highest BCUT2D eigenvalue weighted by molar-refractivity contribution is 5.99. The standard InChI is InChI=1S/C19H23FN2O2/c1-3-24-17-10-16(19(17)5-4-6-19)22-18(23)15-9-13-11(2)7-12(20)8-14(13)21-15/h7-9,16-17,21H,3-6,10H2,1-2H3,(H,22,23)/t16-,17+/m0/s1. The van der Waals surface area contributed by atoms with Gasteiger partial charge in [0.1, 0.15) is 11.5 Å². The number of ether oxygens (including phenoxy) is 1. The molecule has 0 radical (unpaired) electrons. The molecule has 1 aromatic heterocycles. The van der Waals surface area contributed by atoms with E-state index >= 15 is 0 Å². The third-order valence-electron chi connectivity index (χ3n) is 5.90. The van der Waals surface area contributed by atoms with Gasteiger partial charge in [-0.3, -0.25) is 4.79 Å². The van der Waals surface area contributed by atoms with Crippen molar-refractivity contribution in [1.29, 1.82) is 0 Å². The molecular weight excluding hydrogens is 307 g/mol. The van der Waals surface area contributed by atoms with Crippen molar-refractivity contribution in [2.75, 3.05) is 6.61 Å². The summed E-state index contributed by atoms with van der Waals surface area (Å²) in [5, 5.41) is 4.05. The number of aromatic nitrogens is 1. The van der Waals surface area contributed by atoms with Gasteiger partial charge in [0, 0.05) is 29.0 Å². The maximum Gasteiger partial charge on any atom is 0.267 e. The van der Waals surface area contributed by atoms with Gasteiger partial charge in [-0.2, -0.15) is 0 Å². The molecule has 1 heterocycles. The van der Waals surface area contributed by atoms with Gasteiger partial charge < -0.3 is 15.0 Å². The zero-order valence-corrected chi connectivity index (χ0v) is 14.1. The molecule has 0 unspecified atom stereocenters. The van der Waals surface area contributed by atoms with E-state index in [1.165, 1.54) is 18.6 Å². The fourth-order valence-electron chi connectivity index (χ4n) is 4.37. The molecule has 4 rings (SSSR count). The Hall–Kier alpha value is -1.88. The van der Waals surface area contributed by atoms with Crippen LogP contribution in [0.3, 0.4) is 0 Å². The Bertz CT molecular complexity index is 794. The van der Waals surface area contributed by atoms with Gasteiger partial charge in [-0.1, -0.05) is 6.42 Å². The van der Waals surface area contributed by atoms with Gasteiger partial charge in [0.15, 0.2) is 0 Å². The third kappa shape index (κ3) is 2.25. The first-order chi connectivity index (χ1) is 11.5. The number of hydrogen-bond acceptors (Lipinski definition) is 2. The minimum Gasteiger partial charge on any atom is -0.378 e. The summed E-state index contributed by atoms with van der Waals surface area (Å²) in [6.45, 7) is 4.59. The minimum absolute atomic E-state index is 0.114. The molecule has 24 heavy (non-hydrogen) atoms. The van der Waals surface area contributed by atoms with Gasteiger partial charge >= 0.3 is 0 Å². The lowest BCUT2D eigenvalue weighted by molar-refractivity contribution is -0.169. The molecule has 0 saturated heterocycles. The predicted molar refractivity (Wildman–Crippen MR) is 90.6 cm³/mol. The van der Waals surface area contributed by atoms with E-state index in [-0.39, 0.29) is 29.3 Å². The average molecular weight is 330 g/mol. The molecule has 128 valence electrons. The van der Waals surface area contributed by atoms with Crippen LogP contribution in [0.15, 0.2) is 18.2 Å². The zero-order chi connectivity index (χ0) is 16.9. The summed E-state index contributed by atoms with van der Waals surface area (Å²) in [7, 11) is 0. The number of amides is 1. The summed E-state index contributed by atoms with van der Waals surface area (Å²) in [6.07, 6.45) is 4.62. The zero-order valence-electron chi connectivity index (χ0n) is 14.1. The van der Waals surface area contributed by atoms with Crippen molar-refractivity contribution >= 4 is 16.8 Å². The number of aryl methyl sites for hydroxylation is 1. The summed E-state index contributed by atoms with van der Waals surface area (Å²) in [4.78, 5) is 15.7. The van der Waals surface area contributed by atoms with Crippen molar-refractivity contribution in [2.24, 2.45) is 5.41 Å². The Labute approximate surface area is 140 Å². The van der Waals surface area contributed by atoms with Crippen molar-refractivity contribution in [3.05, 3.63) is 35.3 Å². The van der Waals surface area contributed by atoms with Gasteiger partial charge in [-0.25, -0.2) is 4.39 Å². The van der Waals surface area contributed by atoms with Crippen LogP contribution in [0, 0.1) is 18.2 Å². The summed E-state index contributed by atoms with van der Waals surface area (Å²) in [6, 6.07) is 4.91. The first kappa shape index (κ1) is 15.6. The Balaban J connectivity index is 1.52. The van der Waals surface area contributed by atoms with E-state index in [2.05, 4.69) is 10.3 Å². The largest absolute Gasteiger partial charge is 0.378 e. The summed E-state index contributed by atoms with van der Waals surface area (Å²) in [5.41, 5.74) is 2.13. The van der Waals surface area contributed by atoms with Gasteiger partial charge in [-0.05, 0) is 56.9 Å². The van der Waals surface area contributed by atoms with Crippen LogP contribution in [0.5, 0.6) is 0 Å².